The molecule has 4 N–H and O–H groups in total. The van der Waals surface area contributed by atoms with E-state index in [2.05, 4.69) is 17.6 Å². The normalized spacial score (nSPS) is 12.4. The molecule has 3 aromatic carbocycles. The Morgan fingerprint density at radius 3 is 2.16 bits per heavy atom. The van der Waals surface area contributed by atoms with E-state index in [0.717, 1.165) is 11.1 Å². The second-order valence-corrected chi connectivity index (χ2v) is 7.37. The van der Waals surface area contributed by atoms with E-state index < -0.39 is 12.1 Å². The Morgan fingerprint density at radius 2 is 1.48 bits per heavy atom. The van der Waals surface area contributed by atoms with Crippen LogP contribution >= 0.6 is 0 Å². The highest BCUT2D eigenvalue weighted by Gasteiger charge is 2.19. The summed E-state index contributed by atoms with van der Waals surface area (Å²) in [6.07, 6.45) is 0.0687. The molecule has 0 aliphatic carbocycles. The third kappa shape index (κ3) is 6.89. The van der Waals surface area contributed by atoms with Crippen LogP contribution in [0.5, 0.6) is 11.5 Å². The number of hydrogen-bond donors (Lipinski definition) is 3. The zero-order chi connectivity index (χ0) is 22.1. The molecule has 3 aromatic rings. The fourth-order valence-electron chi connectivity index (χ4n) is 3.27. The van der Waals surface area contributed by atoms with Crippen LogP contribution < -0.4 is 21.1 Å². The molecule has 3 rings (SSSR count). The van der Waals surface area contributed by atoms with Gasteiger partial charge in [0.05, 0.1) is 12.5 Å². The summed E-state index contributed by atoms with van der Waals surface area (Å²) in [6, 6.07) is 25.4. The van der Waals surface area contributed by atoms with Gasteiger partial charge in [0.2, 0.25) is 5.91 Å². The minimum atomic E-state index is -0.690. The van der Waals surface area contributed by atoms with E-state index in [0.29, 0.717) is 18.0 Å². The first kappa shape index (κ1) is 21.9. The van der Waals surface area contributed by atoms with Crippen molar-refractivity contribution in [3.63, 3.8) is 0 Å². The largest absolute Gasteiger partial charge is 0.457 e. The number of benzene rings is 3. The molecule has 0 aromatic heterocycles. The maximum absolute atomic E-state index is 12.6. The zero-order valence-electron chi connectivity index (χ0n) is 17.5. The molecule has 0 heterocycles. The molecule has 0 saturated heterocycles. The van der Waals surface area contributed by atoms with Crippen LogP contribution in [0.25, 0.3) is 0 Å². The minimum absolute atomic E-state index is 0.0687. The van der Waals surface area contributed by atoms with Gasteiger partial charge in [0.25, 0.3) is 0 Å². The lowest BCUT2D eigenvalue weighted by atomic mass is 10.0. The SMILES string of the molecule is C[C@@H](CNC(=O)C[C@@H](NC(N)=O)c1cccc(Oc2ccccc2)c1)c1ccccc1. The van der Waals surface area contributed by atoms with Crippen LogP contribution in [0, 0.1) is 0 Å². The van der Waals surface area contributed by atoms with Gasteiger partial charge in [-0.25, -0.2) is 4.79 Å². The second kappa shape index (κ2) is 10.8. The Labute approximate surface area is 182 Å². The third-order valence-electron chi connectivity index (χ3n) is 4.92. The van der Waals surface area contributed by atoms with E-state index >= 15 is 0 Å². The molecule has 0 radical (unpaired) electrons. The molecule has 0 fully saturated rings. The lowest BCUT2D eigenvalue weighted by molar-refractivity contribution is -0.121. The maximum atomic E-state index is 12.6. The van der Waals surface area contributed by atoms with Crippen molar-refractivity contribution < 1.29 is 14.3 Å². The predicted octanol–water partition coefficient (Wildman–Crippen LogP) is 4.50. The average Bonchev–Trinajstić information content (AvgIpc) is 2.78. The summed E-state index contributed by atoms with van der Waals surface area (Å²) in [5, 5.41) is 5.61. The zero-order valence-corrected chi connectivity index (χ0v) is 17.5. The predicted molar refractivity (Wildman–Crippen MR) is 121 cm³/mol. The Hall–Kier alpha value is -3.80. The number of rotatable bonds is 9. The number of nitrogens with one attached hydrogen (secondary N) is 2. The van der Waals surface area contributed by atoms with Crippen molar-refractivity contribution in [1.82, 2.24) is 10.6 Å². The van der Waals surface area contributed by atoms with Crippen LogP contribution in [-0.4, -0.2) is 18.5 Å². The number of nitrogens with two attached hydrogens (primary N) is 1. The van der Waals surface area contributed by atoms with Gasteiger partial charge in [-0.15, -0.1) is 0 Å². The van der Waals surface area contributed by atoms with E-state index in [1.165, 1.54) is 0 Å². The van der Waals surface area contributed by atoms with Crippen LogP contribution in [0.4, 0.5) is 4.79 Å². The first-order valence-corrected chi connectivity index (χ1v) is 10.2. The van der Waals surface area contributed by atoms with Crippen molar-refractivity contribution in [2.75, 3.05) is 6.54 Å². The molecule has 160 valence electrons. The van der Waals surface area contributed by atoms with Crippen molar-refractivity contribution in [2.24, 2.45) is 5.73 Å². The molecule has 0 aliphatic heterocycles. The number of urea groups is 1. The fraction of sp³-hybridized carbons (Fsp3) is 0.200. The van der Waals surface area contributed by atoms with Crippen molar-refractivity contribution >= 4 is 11.9 Å². The lowest BCUT2D eigenvalue weighted by Crippen LogP contribution is -2.37. The Bertz CT molecular complexity index is 993. The quantitative estimate of drug-likeness (QED) is 0.479. The van der Waals surface area contributed by atoms with Gasteiger partial charge in [-0.3, -0.25) is 4.79 Å². The van der Waals surface area contributed by atoms with Crippen molar-refractivity contribution in [3.05, 3.63) is 96.1 Å². The molecule has 0 unspecified atom stereocenters. The van der Waals surface area contributed by atoms with Gasteiger partial charge < -0.3 is 21.1 Å². The summed E-state index contributed by atoms with van der Waals surface area (Å²) in [5.74, 6) is 1.32. The van der Waals surface area contributed by atoms with E-state index in [-0.39, 0.29) is 18.2 Å². The molecular formula is C25H27N3O3. The first-order valence-electron chi connectivity index (χ1n) is 10.2. The summed E-state index contributed by atoms with van der Waals surface area (Å²) in [6.45, 7) is 2.56. The van der Waals surface area contributed by atoms with Crippen LogP contribution in [0.2, 0.25) is 0 Å². The molecule has 6 nitrogen and oxygen atoms in total. The van der Waals surface area contributed by atoms with Gasteiger partial charge >= 0.3 is 6.03 Å². The van der Waals surface area contributed by atoms with Crippen LogP contribution in [-0.2, 0) is 4.79 Å². The lowest BCUT2D eigenvalue weighted by Gasteiger charge is -2.19. The van der Waals surface area contributed by atoms with Gasteiger partial charge in [-0.05, 0) is 41.3 Å². The number of carbonyl (C=O) groups excluding carboxylic acids is 2. The van der Waals surface area contributed by atoms with Gasteiger partial charge in [0.15, 0.2) is 0 Å². The van der Waals surface area contributed by atoms with Crippen molar-refractivity contribution in [3.8, 4) is 11.5 Å². The highest BCUT2D eigenvalue weighted by Crippen LogP contribution is 2.26. The standard InChI is InChI=1S/C25H27N3O3/c1-18(19-9-4-2-5-10-19)17-27-24(29)16-23(28-25(26)30)20-11-8-14-22(15-20)31-21-12-6-3-7-13-21/h2-15,18,23H,16-17H2,1H3,(H,27,29)(H3,26,28,30)/t18-,23+/m0/s1. The average molecular weight is 418 g/mol. The minimum Gasteiger partial charge on any atom is -0.457 e. The van der Waals surface area contributed by atoms with E-state index in [1.54, 1.807) is 6.07 Å². The Morgan fingerprint density at radius 1 is 0.871 bits per heavy atom. The molecule has 0 spiro atoms. The van der Waals surface area contributed by atoms with Crippen molar-refractivity contribution in [1.29, 1.82) is 0 Å². The summed E-state index contributed by atoms with van der Waals surface area (Å²) >= 11 is 0. The van der Waals surface area contributed by atoms with Gasteiger partial charge in [0, 0.05) is 6.54 Å². The number of para-hydroxylation sites is 1. The summed E-state index contributed by atoms with van der Waals surface area (Å²) in [4.78, 5) is 24.1. The molecule has 31 heavy (non-hydrogen) atoms. The van der Waals surface area contributed by atoms with Crippen LogP contribution in [0.15, 0.2) is 84.9 Å². The summed E-state index contributed by atoms with van der Waals surface area (Å²) in [7, 11) is 0. The molecule has 0 aliphatic rings. The number of ether oxygens (including phenoxy) is 1. The number of hydrogen-bond acceptors (Lipinski definition) is 3. The molecular weight excluding hydrogens is 390 g/mol. The monoisotopic (exact) mass is 417 g/mol. The van der Waals surface area contributed by atoms with Gasteiger partial charge in [-0.2, -0.15) is 0 Å². The van der Waals surface area contributed by atoms with E-state index in [4.69, 9.17) is 10.5 Å². The molecule has 2 atom stereocenters. The summed E-state index contributed by atoms with van der Waals surface area (Å²) < 4.78 is 5.86. The van der Waals surface area contributed by atoms with Gasteiger partial charge in [0.1, 0.15) is 11.5 Å². The number of amides is 3. The third-order valence-corrected chi connectivity index (χ3v) is 4.92. The fourth-order valence-corrected chi connectivity index (χ4v) is 3.27. The van der Waals surface area contributed by atoms with Gasteiger partial charge in [-0.1, -0.05) is 67.6 Å². The highest BCUT2D eigenvalue weighted by molar-refractivity contribution is 5.78. The summed E-state index contributed by atoms with van der Waals surface area (Å²) in [5.41, 5.74) is 7.24. The number of primary amides is 1. The molecule has 0 bridgehead atoms. The van der Waals surface area contributed by atoms with Crippen LogP contribution in [0.1, 0.15) is 36.4 Å². The molecule has 3 amide bonds. The molecule has 0 saturated carbocycles. The first-order chi connectivity index (χ1) is 15.0. The van der Waals surface area contributed by atoms with Crippen LogP contribution in [0.3, 0.4) is 0 Å². The second-order valence-electron chi connectivity index (χ2n) is 7.37. The Balaban J connectivity index is 1.65. The Kier molecular flexibility index (Phi) is 7.65. The van der Waals surface area contributed by atoms with E-state index in [1.807, 2.05) is 78.9 Å². The molecule has 6 heteroatoms. The maximum Gasteiger partial charge on any atom is 0.312 e. The van der Waals surface area contributed by atoms with E-state index in [9.17, 15) is 9.59 Å². The van der Waals surface area contributed by atoms with Crippen molar-refractivity contribution in [2.45, 2.75) is 25.3 Å². The highest BCUT2D eigenvalue weighted by atomic mass is 16.5. The number of carbonyl (C=O) groups is 2. The smallest absolute Gasteiger partial charge is 0.312 e. The topological polar surface area (TPSA) is 93.5 Å².